The molecule has 112 valence electrons. The highest BCUT2D eigenvalue weighted by atomic mass is 16.5. The maximum absolute atomic E-state index is 6.60. The zero-order valence-electron chi connectivity index (χ0n) is 13.1. The number of hydrogen-bond donors (Lipinski definition) is 2. The summed E-state index contributed by atoms with van der Waals surface area (Å²) in [4.78, 5) is 0. The van der Waals surface area contributed by atoms with Crippen LogP contribution < -0.4 is 11.1 Å². The zero-order chi connectivity index (χ0) is 14.3. The Morgan fingerprint density at radius 1 is 1.37 bits per heavy atom. The van der Waals surface area contributed by atoms with E-state index in [9.17, 15) is 0 Å². The molecular weight excluding hydrogens is 240 g/mol. The van der Waals surface area contributed by atoms with Crippen LogP contribution in [0.25, 0.3) is 0 Å². The average molecular weight is 270 g/mol. The number of ether oxygens (including phenoxy) is 2. The van der Waals surface area contributed by atoms with Gasteiger partial charge in [0.1, 0.15) is 0 Å². The lowest BCUT2D eigenvalue weighted by atomic mass is 9.54. The summed E-state index contributed by atoms with van der Waals surface area (Å²) in [6, 6.07) is 0. The Hall–Kier alpha value is -0.160. The van der Waals surface area contributed by atoms with Crippen LogP contribution in [0.3, 0.4) is 0 Å². The number of rotatable bonds is 5. The van der Waals surface area contributed by atoms with Gasteiger partial charge in [0.2, 0.25) is 0 Å². The fourth-order valence-corrected chi connectivity index (χ4v) is 3.23. The van der Waals surface area contributed by atoms with Crippen molar-refractivity contribution in [3.05, 3.63) is 0 Å². The first-order chi connectivity index (χ1) is 8.75. The van der Waals surface area contributed by atoms with Crippen LogP contribution in [-0.4, -0.2) is 43.0 Å². The highest BCUT2D eigenvalue weighted by Crippen LogP contribution is 2.49. The lowest BCUT2D eigenvalue weighted by Crippen LogP contribution is -2.74. The molecule has 1 aliphatic heterocycles. The summed E-state index contributed by atoms with van der Waals surface area (Å²) in [5.74, 6) is 0. The van der Waals surface area contributed by atoms with Gasteiger partial charge in [-0.2, -0.15) is 0 Å². The molecule has 2 rings (SSSR count). The van der Waals surface area contributed by atoms with Gasteiger partial charge in [-0.05, 0) is 33.6 Å². The molecule has 2 aliphatic rings. The second-order valence-corrected chi connectivity index (χ2v) is 7.06. The molecule has 4 heteroatoms. The molecule has 1 saturated heterocycles. The fourth-order valence-electron chi connectivity index (χ4n) is 3.23. The summed E-state index contributed by atoms with van der Waals surface area (Å²) in [6.45, 7) is 13.3. The van der Waals surface area contributed by atoms with Gasteiger partial charge in [-0.1, -0.05) is 13.8 Å². The van der Waals surface area contributed by atoms with Gasteiger partial charge in [0.25, 0.3) is 0 Å². The largest absolute Gasteiger partial charge is 0.378 e. The molecule has 2 fully saturated rings. The molecule has 0 aromatic carbocycles. The molecule has 4 nitrogen and oxygen atoms in total. The van der Waals surface area contributed by atoms with Gasteiger partial charge in [0.05, 0.1) is 12.2 Å². The Bertz CT molecular complexity index is 334. The lowest BCUT2D eigenvalue weighted by molar-refractivity contribution is -0.149. The van der Waals surface area contributed by atoms with E-state index in [0.29, 0.717) is 0 Å². The zero-order valence-corrected chi connectivity index (χ0v) is 13.1. The summed E-state index contributed by atoms with van der Waals surface area (Å²) in [7, 11) is 0. The first kappa shape index (κ1) is 15.2. The van der Waals surface area contributed by atoms with Crippen LogP contribution in [0.15, 0.2) is 0 Å². The minimum absolute atomic E-state index is 0.0229. The maximum Gasteiger partial charge on any atom is 0.0726 e. The van der Waals surface area contributed by atoms with Gasteiger partial charge in [-0.15, -0.1) is 0 Å². The van der Waals surface area contributed by atoms with Crippen molar-refractivity contribution in [2.24, 2.45) is 11.1 Å². The lowest BCUT2D eigenvalue weighted by Gasteiger charge is -2.60. The summed E-state index contributed by atoms with van der Waals surface area (Å²) in [6.07, 6.45) is 2.53. The van der Waals surface area contributed by atoms with E-state index >= 15 is 0 Å². The summed E-state index contributed by atoms with van der Waals surface area (Å²) in [5, 5.41) is 3.66. The molecule has 4 unspecified atom stereocenters. The number of nitrogens with two attached hydrogens (primary N) is 1. The van der Waals surface area contributed by atoms with Gasteiger partial charge in [-0.3, -0.25) is 0 Å². The van der Waals surface area contributed by atoms with E-state index in [4.69, 9.17) is 15.2 Å². The Morgan fingerprint density at radius 3 is 2.53 bits per heavy atom. The molecular formula is C15H30N2O2. The minimum Gasteiger partial charge on any atom is -0.378 e. The molecule has 19 heavy (non-hydrogen) atoms. The highest BCUT2D eigenvalue weighted by Gasteiger charge is 2.58. The van der Waals surface area contributed by atoms with E-state index in [1.165, 1.54) is 0 Å². The second kappa shape index (κ2) is 4.99. The van der Waals surface area contributed by atoms with Crippen LogP contribution in [0.1, 0.15) is 47.5 Å². The van der Waals surface area contributed by atoms with Crippen LogP contribution in [0.5, 0.6) is 0 Å². The Kier molecular flexibility index (Phi) is 4.00. The topological polar surface area (TPSA) is 56.5 Å². The fraction of sp³-hybridized carbons (Fsp3) is 1.00. The molecule has 1 aliphatic carbocycles. The van der Waals surface area contributed by atoms with Crippen molar-refractivity contribution in [3.63, 3.8) is 0 Å². The molecule has 0 amide bonds. The molecule has 1 heterocycles. The third-order valence-corrected chi connectivity index (χ3v) is 5.70. The molecule has 0 aromatic heterocycles. The van der Waals surface area contributed by atoms with Crippen molar-refractivity contribution in [2.45, 2.75) is 70.7 Å². The first-order valence-corrected chi connectivity index (χ1v) is 7.52. The highest BCUT2D eigenvalue weighted by molar-refractivity contribution is 5.15. The molecule has 0 aromatic rings. The van der Waals surface area contributed by atoms with Crippen LogP contribution >= 0.6 is 0 Å². The van der Waals surface area contributed by atoms with Gasteiger partial charge in [-0.25, -0.2) is 0 Å². The van der Waals surface area contributed by atoms with Crippen molar-refractivity contribution in [1.29, 1.82) is 0 Å². The normalized spacial score (nSPS) is 45.2. The minimum atomic E-state index is -0.182. The molecule has 0 spiro atoms. The summed E-state index contributed by atoms with van der Waals surface area (Å²) in [5.41, 5.74) is 6.50. The number of hydrogen-bond acceptors (Lipinski definition) is 4. The first-order valence-electron chi connectivity index (χ1n) is 7.52. The third kappa shape index (κ3) is 2.44. The van der Waals surface area contributed by atoms with Gasteiger partial charge < -0.3 is 20.5 Å². The van der Waals surface area contributed by atoms with E-state index < -0.39 is 0 Å². The smallest absolute Gasteiger partial charge is 0.0726 e. The van der Waals surface area contributed by atoms with E-state index in [1.807, 2.05) is 6.92 Å². The predicted octanol–water partition coefficient (Wildman–Crippen LogP) is 1.68. The van der Waals surface area contributed by atoms with E-state index in [0.717, 1.165) is 32.6 Å². The average Bonchev–Trinajstić information content (AvgIpc) is 2.67. The molecule has 0 radical (unpaired) electrons. The van der Waals surface area contributed by atoms with Crippen LogP contribution in [0.4, 0.5) is 0 Å². The number of nitrogens with one attached hydrogen (secondary N) is 1. The van der Waals surface area contributed by atoms with Crippen LogP contribution in [-0.2, 0) is 9.47 Å². The molecule has 4 atom stereocenters. The van der Waals surface area contributed by atoms with E-state index in [-0.39, 0.29) is 28.7 Å². The van der Waals surface area contributed by atoms with Gasteiger partial charge in [0.15, 0.2) is 0 Å². The summed E-state index contributed by atoms with van der Waals surface area (Å²) < 4.78 is 11.4. The predicted molar refractivity (Wildman–Crippen MR) is 77.2 cm³/mol. The van der Waals surface area contributed by atoms with Crippen LogP contribution in [0.2, 0.25) is 0 Å². The Labute approximate surface area is 117 Å². The Morgan fingerprint density at radius 2 is 2.05 bits per heavy atom. The van der Waals surface area contributed by atoms with Crippen molar-refractivity contribution in [3.8, 4) is 0 Å². The van der Waals surface area contributed by atoms with Crippen molar-refractivity contribution < 1.29 is 9.47 Å². The Balaban J connectivity index is 1.93. The van der Waals surface area contributed by atoms with Crippen molar-refractivity contribution in [1.82, 2.24) is 5.32 Å². The van der Waals surface area contributed by atoms with E-state index in [1.54, 1.807) is 0 Å². The third-order valence-electron chi connectivity index (χ3n) is 5.70. The quantitative estimate of drug-likeness (QED) is 0.798. The monoisotopic (exact) mass is 270 g/mol. The molecule has 3 N–H and O–H groups in total. The standard InChI is InChI=1S/C15H30N2O2/c1-6-18-12-9-15(16,13(12,3)4)10-17-14(5)7-8-19-11(14)2/h11-12,17H,6-10,16H2,1-5H3. The SMILES string of the molecule is CCOC1CC(N)(CNC2(C)CCOC2C)C1(C)C. The second-order valence-electron chi connectivity index (χ2n) is 7.06. The molecule has 1 saturated carbocycles. The maximum atomic E-state index is 6.60. The molecule has 0 bridgehead atoms. The summed E-state index contributed by atoms with van der Waals surface area (Å²) >= 11 is 0. The van der Waals surface area contributed by atoms with E-state index in [2.05, 4.69) is 33.0 Å². The van der Waals surface area contributed by atoms with Gasteiger partial charge in [0, 0.05) is 36.3 Å². The van der Waals surface area contributed by atoms with Crippen molar-refractivity contribution >= 4 is 0 Å². The van der Waals surface area contributed by atoms with Crippen molar-refractivity contribution in [2.75, 3.05) is 19.8 Å². The van der Waals surface area contributed by atoms with Gasteiger partial charge >= 0.3 is 0 Å². The van der Waals surface area contributed by atoms with Crippen LogP contribution in [0, 0.1) is 5.41 Å².